The highest BCUT2D eigenvalue weighted by Gasteiger charge is 1.92. The normalized spacial score (nSPS) is 9.77. The molecule has 0 spiro atoms. The molecule has 0 aliphatic carbocycles. The van der Waals surface area contributed by atoms with E-state index >= 15 is 0 Å². The summed E-state index contributed by atoms with van der Waals surface area (Å²) < 4.78 is 0. The molecule has 1 aromatic heterocycles. The molecule has 0 bridgehead atoms. The first-order valence-electron chi connectivity index (χ1n) is 4.44. The van der Waals surface area contributed by atoms with Gasteiger partial charge in [0.2, 0.25) is 0 Å². The minimum atomic E-state index is 0.875. The van der Waals surface area contributed by atoms with Crippen LogP contribution in [-0.4, -0.2) is 11.5 Å². The van der Waals surface area contributed by atoms with Gasteiger partial charge < -0.3 is 5.32 Å². The summed E-state index contributed by atoms with van der Waals surface area (Å²) in [4.78, 5) is 4.17. The van der Waals surface area contributed by atoms with Gasteiger partial charge in [-0.25, -0.2) is 4.98 Å². The lowest BCUT2D eigenvalue weighted by Gasteiger charge is -2.00. The number of hydrogen-bond acceptors (Lipinski definition) is 3. The molecule has 1 rings (SSSR count). The quantitative estimate of drug-likeness (QED) is 0.553. The fourth-order valence-corrected chi connectivity index (χ4v) is 1.58. The zero-order valence-corrected chi connectivity index (χ0v) is 8.44. The van der Waals surface area contributed by atoms with Crippen molar-refractivity contribution in [2.45, 2.75) is 25.8 Å². The van der Waals surface area contributed by atoms with Crippen LogP contribution in [0.25, 0.3) is 0 Å². The predicted molar refractivity (Wildman–Crippen MR) is 56.5 cm³/mol. The molecule has 0 saturated heterocycles. The van der Waals surface area contributed by atoms with Gasteiger partial charge in [0.05, 0.1) is 11.2 Å². The molecule has 1 N–H and O–H groups in total. The van der Waals surface area contributed by atoms with Crippen LogP contribution in [0.3, 0.4) is 0 Å². The molecular weight excluding hydrogens is 180 g/mol. The standard InChI is InChI=1S/C10H14N2S/c1-2-3-4-5-6-11-7-10-8-13-9-12-10/h1,8-9,11H,3-7H2. The van der Waals surface area contributed by atoms with E-state index in [1.807, 2.05) is 5.51 Å². The maximum absolute atomic E-state index is 5.14. The molecule has 0 amide bonds. The number of nitrogens with zero attached hydrogens (tertiary/aromatic N) is 1. The molecule has 0 aromatic carbocycles. The Morgan fingerprint density at radius 1 is 1.54 bits per heavy atom. The molecule has 1 aromatic rings. The van der Waals surface area contributed by atoms with Crippen LogP contribution in [0.2, 0.25) is 0 Å². The zero-order chi connectivity index (χ0) is 9.36. The summed E-state index contributed by atoms with van der Waals surface area (Å²) in [5.41, 5.74) is 2.98. The molecule has 0 saturated carbocycles. The Kier molecular flexibility index (Phi) is 5.23. The van der Waals surface area contributed by atoms with Crippen molar-refractivity contribution in [1.82, 2.24) is 10.3 Å². The van der Waals surface area contributed by atoms with E-state index in [4.69, 9.17) is 6.42 Å². The predicted octanol–water partition coefficient (Wildman–Crippen LogP) is 2.04. The highest BCUT2D eigenvalue weighted by atomic mass is 32.1. The second-order valence-electron chi connectivity index (χ2n) is 2.82. The number of unbranched alkanes of at least 4 members (excludes halogenated alkanes) is 2. The summed E-state index contributed by atoms with van der Waals surface area (Å²) in [6.45, 7) is 1.90. The van der Waals surface area contributed by atoms with Gasteiger partial charge in [0.15, 0.2) is 0 Å². The maximum atomic E-state index is 5.14. The van der Waals surface area contributed by atoms with Crippen molar-refractivity contribution in [3.05, 3.63) is 16.6 Å². The number of thiazole rings is 1. The Labute approximate surface area is 83.4 Å². The molecule has 70 valence electrons. The van der Waals surface area contributed by atoms with Crippen molar-refractivity contribution in [1.29, 1.82) is 0 Å². The highest BCUT2D eigenvalue weighted by molar-refractivity contribution is 7.07. The monoisotopic (exact) mass is 194 g/mol. The smallest absolute Gasteiger partial charge is 0.0795 e. The summed E-state index contributed by atoms with van der Waals surface area (Å²) >= 11 is 1.63. The number of hydrogen-bond donors (Lipinski definition) is 1. The second-order valence-corrected chi connectivity index (χ2v) is 3.54. The zero-order valence-electron chi connectivity index (χ0n) is 7.62. The molecule has 0 atom stereocenters. The van der Waals surface area contributed by atoms with E-state index in [9.17, 15) is 0 Å². The first-order chi connectivity index (χ1) is 6.43. The first-order valence-corrected chi connectivity index (χ1v) is 5.39. The third-order valence-corrected chi connectivity index (χ3v) is 2.35. The van der Waals surface area contributed by atoms with Crippen LogP contribution in [0.15, 0.2) is 10.9 Å². The van der Waals surface area contributed by atoms with Gasteiger partial charge in [0, 0.05) is 18.3 Å². The largest absolute Gasteiger partial charge is 0.311 e. The van der Waals surface area contributed by atoms with Gasteiger partial charge in [0.25, 0.3) is 0 Å². The van der Waals surface area contributed by atoms with E-state index in [1.54, 1.807) is 11.3 Å². The summed E-state index contributed by atoms with van der Waals surface area (Å²) in [7, 11) is 0. The third kappa shape index (κ3) is 4.66. The van der Waals surface area contributed by atoms with Gasteiger partial charge in [-0.3, -0.25) is 0 Å². The van der Waals surface area contributed by atoms with Gasteiger partial charge in [-0.1, -0.05) is 0 Å². The molecule has 13 heavy (non-hydrogen) atoms. The van der Waals surface area contributed by atoms with Crippen molar-refractivity contribution in [2.24, 2.45) is 0 Å². The summed E-state index contributed by atoms with van der Waals surface area (Å²) in [5, 5.41) is 5.39. The molecule has 1 heterocycles. The van der Waals surface area contributed by atoms with Gasteiger partial charge in [-0.05, 0) is 19.4 Å². The number of aromatic nitrogens is 1. The van der Waals surface area contributed by atoms with E-state index in [2.05, 4.69) is 21.6 Å². The van der Waals surface area contributed by atoms with Crippen molar-refractivity contribution >= 4 is 11.3 Å². The SMILES string of the molecule is C#CCCCCNCc1cscn1. The Balaban J connectivity index is 1.94. The third-order valence-electron chi connectivity index (χ3n) is 1.71. The van der Waals surface area contributed by atoms with E-state index in [1.165, 1.54) is 0 Å². The Morgan fingerprint density at radius 3 is 3.15 bits per heavy atom. The average molecular weight is 194 g/mol. The van der Waals surface area contributed by atoms with E-state index in [0.29, 0.717) is 0 Å². The second kappa shape index (κ2) is 6.64. The Hall–Kier alpha value is -0.850. The number of terminal acetylenes is 1. The minimum absolute atomic E-state index is 0.875. The van der Waals surface area contributed by atoms with Crippen LogP contribution in [-0.2, 0) is 6.54 Å². The van der Waals surface area contributed by atoms with E-state index < -0.39 is 0 Å². The van der Waals surface area contributed by atoms with Crippen LogP contribution in [0.4, 0.5) is 0 Å². The summed E-state index contributed by atoms with van der Waals surface area (Å²) in [5.74, 6) is 2.63. The van der Waals surface area contributed by atoms with Crippen LogP contribution in [0, 0.1) is 12.3 Å². The maximum Gasteiger partial charge on any atom is 0.0795 e. The Bertz CT molecular complexity index is 248. The molecule has 3 heteroatoms. The van der Waals surface area contributed by atoms with Crippen LogP contribution in [0.1, 0.15) is 25.0 Å². The average Bonchev–Trinajstić information content (AvgIpc) is 2.63. The van der Waals surface area contributed by atoms with Crippen molar-refractivity contribution in [3.63, 3.8) is 0 Å². The van der Waals surface area contributed by atoms with Gasteiger partial charge in [-0.2, -0.15) is 0 Å². The summed E-state index contributed by atoms with van der Waals surface area (Å²) in [6, 6.07) is 0. The van der Waals surface area contributed by atoms with Gasteiger partial charge in [-0.15, -0.1) is 23.7 Å². The first kappa shape index (κ1) is 10.2. The van der Waals surface area contributed by atoms with Crippen LogP contribution in [0.5, 0.6) is 0 Å². The van der Waals surface area contributed by atoms with E-state index in [0.717, 1.165) is 38.0 Å². The molecule has 0 radical (unpaired) electrons. The molecule has 0 aliphatic rings. The molecule has 0 fully saturated rings. The number of nitrogens with one attached hydrogen (secondary N) is 1. The molecule has 0 aliphatic heterocycles. The summed E-state index contributed by atoms with van der Waals surface area (Å²) in [6.07, 6.45) is 8.29. The molecule has 0 unspecified atom stereocenters. The minimum Gasteiger partial charge on any atom is -0.311 e. The topological polar surface area (TPSA) is 24.9 Å². The Morgan fingerprint density at radius 2 is 2.46 bits per heavy atom. The molecular formula is C10H14N2S. The fraction of sp³-hybridized carbons (Fsp3) is 0.500. The number of rotatable bonds is 6. The lowest BCUT2D eigenvalue weighted by Crippen LogP contribution is -2.14. The van der Waals surface area contributed by atoms with E-state index in [-0.39, 0.29) is 0 Å². The molecule has 2 nitrogen and oxygen atoms in total. The van der Waals surface area contributed by atoms with Gasteiger partial charge in [0.1, 0.15) is 0 Å². The highest BCUT2D eigenvalue weighted by Crippen LogP contribution is 2.00. The lowest BCUT2D eigenvalue weighted by atomic mass is 10.2. The fourth-order valence-electron chi connectivity index (χ4n) is 1.02. The van der Waals surface area contributed by atoms with Gasteiger partial charge >= 0.3 is 0 Å². The van der Waals surface area contributed by atoms with Crippen molar-refractivity contribution < 1.29 is 0 Å². The van der Waals surface area contributed by atoms with Crippen molar-refractivity contribution in [3.8, 4) is 12.3 Å². The van der Waals surface area contributed by atoms with Crippen molar-refractivity contribution in [2.75, 3.05) is 6.54 Å². The lowest BCUT2D eigenvalue weighted by molar-refractivity contribution is 0.624. The van der Waals surface area contributed by atoms with Crippen LogP contribution >= 0.6 is 11.3 Å². The van der Waals surface area contributed by atoms with Crippen LogP contribution < -0.4 is 5.32 Å².